The first-order chi connectivity index (χ1) is 15.0. The predicted molar refractivity (Wildman–Crippen MR) is 118 cm³/mol. The van der Waals surface area contributed by atoms with E-state index in [0.29, 0.717) is 12.8 Å². The molecule has 3 rings (SSSR count). The molecule has 1 N–H and O–H groups in total. The van der Waals surface area contributed by atoms with Crippen LogP contribution < -0.4 is 5.32 Å². The van der Waals surface area contributed by atoms with Crippen molar-refractivity contribution in [1.29, 1.82) is 0 Å². The van der Waals surface area contributed by atoms with Crippen LogP contribution in [-0.4, -0.2) is 42.6 Å². The highest BCUT2D eigenvalue weighted by molar-refractivity contribution is 7.18. The number of nitrogens with one attached hydrogen (secondary N) is 1. The van der Waals surface area contributed by atoms with Gasteiger partial charge in [0.25, 0.3) is 5.91 Å². The minimum absolute atomic E-state index is 0.188. The largest absolute Gasteiger partial charge is 0.467 e. The third-order valence-electron chi connectivity index (χ3n) is 4.58. The molecule has 3 aromatic rings. The Morgan fingerprint density at radius 2 is 1.81 bits per heavy atom. The number of methoxy groups -OCH3 is 1. The molecule has 0 saturated carbocycles. The molecule has 0 aliphatic rings. The Hall–Kier alpha value is -3.26. The molecule has 2 aromatic carbocycles. The number of amides is 1. The maximum atomic E-state index is 12.2. The average molecular weight is 441 g/mol. The molecule has 7 nitrogen and oxygen atoms in total. The van der Waals surface area contributed by atoms with E-state index in [4.69, 9.17) is 9.47 Å². The summed E-state index contributed by atoms with van der Waals surface area (Å²) in [4.78, 5) is 40.6. The summed E-state index contributed by atoms with van der Waals surface area (Å²) in [5, 5.41) is 3.54. The molecular weight excluding hydrogens is 416 g/mol. The van der Waals surface area contributed by atoms with Crippen molar-refractivity contribution >= 4 is 39.4 Å². The summed E-state index contributed by atoms with van der Waals surface area (Å²) in [6.45, 7) is -0.442. The highest BCUT2D eigenvalue weighted by Crippen LogP contribution is 2.22. The summed E-state index contributed by atoms with van der Waals surface area (Å²) in [7, 11) is 1.26. The van der Waals surface area contributed by atoms with Crippen molar-refractivity contribution in [2.75, 3.05) is 13.7 Å². The number of benzene rings is 2. The SMILES string of the molecule is COC(=O)C(Cc1ccccc1)NC(=O)COC(=O)CCCc1nc2ccccc2s1. The molecule has 0 spiro atoms. The Balaban J connectivity index is 1.40. The molecule has 0 saturated heterocycles. The van der Waals surface area contributed by atoms with Crippen molar-refractivity contribution in [3.8, 4) is 0 Å². The Morgan fingerprint density at radius 1 is 1.06 bits per heavy atom. The van der Waals surface area contributed by atoms with Crippen LogP contribution in [0.25, 0.3) is 10.2 Å². The van der Waals surface area contributed by atoms with E-state index in [9.17, 15) is 14.4 Å². The van der Waals surface area contributed by atoms with Crippen LogP contribution in [0.4, 0.5) is 0 Å². The smallest absolute Gasteiger partial charge is 0.328 e. The maximum Gasteiger partial charge on any atom is 0.328 e. The quantitative estimate of drug-likeness (QED) is 0.487. The summed E-state index contributed by atoms with van der Waals surface area (Å²) in [5.41, 5.74) is 1.84. The Bertz CT molecular complexity index is 1000. The van der Waals surface area contributed by atoms with Crippen LogP contribution in [0.2, 0.25) is 0 Å². The Labute approximate surface area is 184 Å². The first-order valence-corrected chi connectivity index (χ1v) is 10.8. The van der Waals surface area contributed by atoms with Gasteiger partial charge in [0.15, 0.2) is 6.61 Å². The molecular formula is C23H24N2O5S. The highest BCUT2D eigenvalue weighted by Gasteiger charge is 2.22. The molecule has 31 heavy (non-hydrogen) atoms. The van der Waals surface area contributed by atoms with E-state index >= 15 is 0 Å². The number of aromatic nitrogens is 1. The van der Waals surface area contributed by atoms with Crippen LogP contribution >= 0.6 is 11.3 Å². The number of hydrogen-bond acceptors (Lipinski definition) is 7. The number of carbonyl (C=O) groups excluding carboxylic acids is 3. The van der Waals surface area contributed by atoms with Gasteiger partial charge in [-0.2, -0.15) is 0 Å². The Kier molecular flexibility index (Phi) is 8.12. The fourth-order valence-corrected chi connectivity index (χ4v) is 4.06. The van der Waals surface area contributed by atoms with Crippen molar-refractivity contribution in [2.45, 2.75) is 31.7 Å². The van der Waals surface area contributed by atoms with Crippen molar-refractivity contribution in [1.82, 2.24) is 10.3 Å². The van der Waals surface area contributed by atoms with Gasteiger partial charge in [-0.25, -0.2) is 9.78 Å². The van der Waals surface area contributed by atoms with Crippen LogP contribution in [-0.2, 0) is 36.7 Å². The van der Waals surface area contributed by atoms with Crippen LogP contribution in [0.15, 0.2) is 54.6 Å². The summed E-state index contributed by atoms with van der Waals surface area (Å²) >= 11 is 1.61. The number of hydrogen-bond donors (Lipinski definition) is 1. The van der Waals surface area contributed by atoms with E-state index in [2.05, 4.69) is 10.3 Å². The fourth-order valence-electron chi connectivity index (χ4n) is 3.05. The minimum atomic E-state index is -0.849. The van der Waals surface area contributed by atoms with Crippen molar-refractivity contribution in [3.05, 3.63) is 65.2 Å². The number of esters is 2. The van der Waals surface area contributed by atoms with E-state index in [1.165, 1.54) is 7.11 Å². The van der Waals surface area contributed by atoms with Gasteiger partial charge in [0.1, 0.15) is 6.04 Å². The van der Waals surface area contributed by atoms with E-state index in [1.54, 1.807) is 11.3 Å². The summed E-state index contributed by atoms with van der Waals surface area (Å²) in [6.07, 6.45) is 1.73. The zero-order valence-electron chi connectivity index (χ0n) is 17.2. The first kappa shape index (κ1) is 22.4. The van der Waals surface area contributed by atoms with Gasteiger partial charge in [-0.3, -0.25) is 9.59 Å². The van der Waals surface area contributed by atoms with Gasteiger partial charge in [-0.1, -0.05) is 42.5 Å². The van der Waals surface area contributed by atoms with Crippen molar-refractivity contribution in [2.24, 2.45) is 0 Å². The number of fused-ring (bicyclic) bond motifs is 1. The summed E-state index contributed by atoms with van der Waals surface area (Å²) in [5.74, 6) is -1.57. The van der Waals surface area contributed by atoms with Gasteiger partial charge in [0.2, 0.25) is 0 Å². The van der Waals surface area contributed by atoms with E-state index in [1.807, 2.05) is 54.6 Å². The van der Waals surface area contributed by atoms with Gasteiger partial charge >= 0.3 is 11.9 Å². The number of nitrogens with zero attached hydrogens (tertiary/aromatic N) is 1. The number of aryl methyl sites for hydroxylation is 1. The number of rotatable bonds is 10. The monoisotopic (exact) mass is 440 g/mol. The minimum Gasteiger partial charge on any atom is -0.467 e. The third kappa shape index (κ3) is 6.89. The molecule has 8 heteroatoms. The molecule has 1 atom stereocenters. The molecule has 0 fully saturated rings. The van der Waals surface area contributed by atoms with E-state index in [0.717, 1.165) is 20.8 Å². The average Bonchev–Trinajstić information content (AvgIpc) is 3.20. The zero-order chi connectivity index (χ0) is 22.1. The van der Waals surface area contributed by atoms with Crippen LogP contribution in [0.5, 0.6) is 0 Å². The lowest BCUT2D eigenvalue weighted by Crippen LogP contribution is -2.44. The standard InChI is InChI=1S/C23H24N2O5S/c1-29-23(28)18(14-16-8-3-2-4-9-16)24-20(26)15-30-22(27)13-7-12-21-25-17-10-5-6-11-19(17)31-21/h2-6,8-11,18H,7,12-15H2,1H3,(H,24,26). The maximum absolute atomic E-state index is 12.2. The zero-order valence-corrected chi connectivity index (χ0v) is 18.0. The van der Waals surface area contributed by atoms with Gasteiger partial charge in [-0.05, 0) is 30.5 Å². The van der Waals surface area contributed by atoms with Crippen LogP contribution in [0.3, 0.4) is 0 Å². The van der Waals surface area contributed by atoms with E-state index in [-0.39, 0.29) is 12.8 Å². The Morgan fingerprint density at radius 3 is 2.55 bits per heavy atom. The molecule has 1 unspecified atom stereocenters. The summed E-state index contributed by atoms with van der Waals surface area (Å²) in [6, 6.07) is 16.3. The van der Waals surface area contributed by atoms with Gasteiger partial charge < -0.3 is 14.8 Å². The summed E-state index contributed by atoms with van der Waals surface area (Å²) < 4.78 is 10.9. The van der Waals surface area contributed by atoms with E-state index < -0.39 is 30.5 Å². The third-order valence-corrected chi connectivity index (χ3v) is 5.67. The molecule has 1 aromatic heterocycles. The predicted octanol–water partition coefficient (Wildman–Crippen LogP) is 3.06. The van der Waals surface area contributed by atoms with Crippen molar-refractivity contribution in [3.63, 3.8) is 0 Å². The van der Waals surface area contributed by atoms with Crippen molar-refractivity contribution < 1.29 is 23.9 Å². The first-order valence-electron chi connectivity index (χ1n) is 9.96. The van der Waals surface area contributed by atoms with Gasteiger partial charge in [0, 0.05) is 12.8 Å². The highest BCUT2D eigenvalue weighted by atomic mass is 32.1. The number of carbonyl (C=O) groups is 3. The molecule has 0 aliphatic heterocycles. The second-order valence-corrected chi connectivity index (χ2v) is 8.04. The van der Waals surface area contributed by atoms with Gasteiger partial charge in [0.05, 0.1) is 22.3 Å². The lowest BCUT2D eigenvalue weighted by molar-refractivity contribution is -0.150. The molecule has 162 valence electrons. The van der Waals surface area contributed by atoms with Crippen LogP contribution in [0, 0.1) is 0 Å². The second-order valence-electron chi connectivity index (χ2n) is 6.92. The molecule has 1 amide bonds. The number of para-hydroxylation sites is 1. The number of ether oxygens (including phenoxy) is 2. The van der Waals surface area contributed by atoms with Gasteiger partial charge in [-0.15, -0.1) is 11.3 Å². The normalized spacial score (nSPS) is 11.6. The molecule has 1 heterocycles. The lowest BCUT2D eigenvalue weighted by Gasteiger charge is -2.16. The fraction of sp³-hybridized carbons (Fsp3) is 0.304. The number of thiazole rings is 1. The second kappa shape index (κ2) is 11.2. The molecule has 0 bridgehead atoms. The molecule has 0 aliphatic carbocycles. The molecule has 0 radical (unpaired) electrons. The van der Waals surface area contributed by atoms with Crippen LogP contribution in [0.1, 0.15) is 23.4 Å². The lowest BCUT2D eigenvalue weighted by atomic mass is 10.1. The topological polar surface area (TPSA) is 94.6 Å².